The Morgan fingerprint density at radius 2 is 2.44 bits per heavy atom. The lowest BCUT2D eigenvalue weighted by atomic mass is 10.0. The predicted octanol–water partition coefficient (Wildman–Crippen LogP) is 2.33. The molecule has 1 aromatic heterocycles. The lowest BCUT2D eigenvalue weighted by Crippen LogP contribution is -2.51. The van der Waals surface area contributed by atoms with E-state index in [9.17, 15) is 4.79 Å². The first-order valence-electron chi connectivity index (χ1n) is 6.81. The van der Waals surface area contributed by atoms with Gasteiger partial charge in [0, 0.05) is 6.54 Å². The largest absolute Gasteiger partial charge is 0.467 e. The van der Waals surface area contributed by atoms with Gasteiger partial charge < -0.3 is 14.6 Å². The first-order valence-corrected chi connectivity index (χ1v) is 6.81. The number of nitrogens with one attached hydrogen (secondary N) is 1. The van der Waals surface area contributed by atoms with Crippen molar-refractivity contribution in [3.8, 4) is 0 Å². The van der Waals surface area contributed by atoms with Crippen molar-refractivity contribution in [2.45, 2.75) is 45.2 Å². The van der Waals surface area contributed by atoms with Gasteiger partial charge in [-0.2, -0.15) is 0 Å². The first-order chi connectivity index (χ1) is 8.74. The van der Waals surface area contributed by atoms with Gasteiger partial charge in [-0.05, 0) is 44.9 Å². The van der Waals surface area contributed by atoms with Crippen molar-refractivity contribution in [2.75, 3.05) is 13.1 Å². The van der Waals surface area contributed by atoms with Crippen LogP contribution < -0.4 is 5.32 Å². The van der Waals surface area contributed by atoms with E-state index in [0.29, 0.717) is 0 Å². The van der Waals surface area contributed by atoms with Crippen molar-refractivity contribution in [3.05, 3.63) is 24.2 Å². The van der Waals surface area contributed by atoms with Gasteiger partial charge in [0.15, 0.2) is 0 Å². The molecule has 1 saturated heterocycles. The maximum Gasteiger partial charge on any atom is 0.240 e. The van der Waals surface area contributed by atoms with E-state index >= 15 is 0 Å². The third-order valence-electron chi connectivity index (χ3n) is 3.54. The molecule has 4 nitrogen and oxygen atoms in total. The van der Waals surface area contributed by atoms with Crippen molar-refractivity contribution < 1.29 is 9.21 Å². The zero-order valence-corrected chi connectivity index (χ0v) is 11.2. The van der Waals surface area contributed by atoms with Crippen molar-refractivity contribution >= 4 is 5.91 Å². The van der Waals surface area contributed by atoms with Gasteiger partial charge in [0.05, 0.1) is 18.3 Å². The molecular formula is C14H22N2O2. The number of amides is 1. The van der Waals surface area contributed by atoms with Gasteiger partial charge in [-0.3, -0.25) is 4.79 Å². The second kappa shape index (κ2) is 6.05. The highest BCUT2D eigenvalue weighted by Gasteiger charge is 2.32. The number of carbonyl (C=O) groups excluding carboxylic acids is 1. The van der Waals surface area contributed by atoms with E-state index in [-0.39, 0.29) is 18.0 Å². The third-order valence-corrected chi connectivity index (χ3v) is 3.54. The number of furan rings is 1. The number of carbonyl (C=O) groups is 1. The van der Waals surface area contributed by atoms with Crippen LogP contribution in [0, 0.1) is 0 Å². The molecule has 0 aliphatic carbocycles. The zero-order chi connectivity index (χ0) is 13.0. The van der Waals surface area contributed by atoms with Crippen LogP contribution in [0.2, 0.25) is 0 Å². The summed E-state index contributed by atoms with van der Waals surface area (Å²) in [6.45, 7) is 5.87. The van der Waals surface area contributed by atoms with E-state index in [4.69, 9.17) is 4.42 Å². The Bertz CT molecular complexity index is 375. The molecule has 1 aliphatic rings. The van der Waals surface area contributed by atoms with E-state index < -0.39 is 0 Å². The average molecular weight is 250 g/mol. The standard InChI is InChI=1S/C14H22N2O2/c1-3-8-15-12-6-4-9-16(14(12)17)11(2)13-7-5-10-18-13/h5,7,10-12,15H,3-4,6,8-9H2,1-2H3. The smallest absolute Gasteiger partial charge is 0.240 e. The van der Waals surface area contributed by atoms with E-state index in [2.05, 4.69) is 12.2 Å². The average Bonchev–Trinajstić information content (AvgIpc) is 2.91. The summed E-state index contributed by atoms with van der Waals surface area (Å²) in [5.74, 6) is 1.07. The van der Waals surface area contributed by atoms with Gasteiger partial charge in [-0.1, -0.05) is 6.92 Å². The molecule has 4 heteroatoms. The van der Waals surface area contributed by atoms with Crippen LogP contribution in [0.25, 0.3) is 0 Å². The van der Waals surface area contributed by atoms with Crippen molar-refractivity contribution in [1.82, 2.24) is 10.2 Å². The Kier molecular flexibility index (Phi) is 4.42. The highest BCUT2D eigenvalue weighted by molar-refractivity contribution is 5.83. The summed E-state index contributed by atoms with van der Waals surface area (Å²) in [5.41, 5.74) is 0. The summed E-state index contributed by atoms with van der Waals surface area (Å²) >= 11 is 0. The molecular weight excluding hydrogens is 228 g/mol. The van der Waals surface area contributed by atoms with Gasteiger partial charge >= 0.3 is 0 Å². The van der Waals surface area contributed by atoms with Crippen LogP contribution >= 0.6 is 0 Å². The summed E-state index contributed by atoms with van der Waals surface area (Å²) < 4.78 is 5.40. The summed E-state index contributed by atoms with van der Waals surface area (Å²) in [5, 5.41) is 3.33. The molecule has 0 radical (unpaired) electrons. The number of hydrogen-bond acceptors (Lipinski definition) is 3. The molecule has 100 valence electrons. The molecule has 2 unspecified atom stereocenters. The van der Waals surface area contributed by atoms with Gasteiger partial charge in [0.1, 0.15) is 5.76 Å². The van der Waals surface area contributed by atoms with E-state index in [1.54, 1.807) is 6.26 Å². The number of piperidine rings is 1. The van der Waals surface area contributed by atoms with Crippen LogP contribution in [-0.2, 0) is 4.79 Å². The molecule has 1 fully saturated rings. The van der Waals surface area contributed by atoms with Gasteiger partial charge in [0.2, 0.25) is 5.91 Å². The second-order valence-electron chi connectivity index (χ2n) is 4.87. The Morgan fingerprint density at radius 3 is 3.11 bits per heavy atom. The highest BCUT2D eigenvalue weighted by Crippen LogP contribution is 2.25. The molecule has 1 amide bonds. The number of rotatable bonds is 5. The topological polar surface area (TPSA) is 45.5 Å². The molecule has 1 aliphatic heterocycles. The van der Waals surface area contributed by atoms with Crippen LogP contribution in [0.15, 0.2) is 22.8 Å². The Balaban J connectivity index is 2.02. The maximum atomic E-state index is 12.4. The molecule has 0 bridgehead atoms. The van der Waals surface area contributed by atoms with Crippen LogP contribution in [0.5, 0.6) is 0 Å². The summed E-state index contributed by atoms with van der Waals surface area (Å²) in [6.07, 6.45) is 4.71. The van der Waals surface area contributed by atoms with E-state index in [1.807, 2.05) is 24.0 Å². The second-order valence-corrected chi connectivity index (χ2v) is 4.87. The van der Waals surface area contributed by atoms with Gasteiger partial charge in [-0.25, -0.2) is 0 Å². The van der Waals surface area contributed by atoms with Crippen LogP contribution in [0.1, 0.15) is 44.9 Å². The van der Waals surface area contributed by atoms with E-state index in [0.717, 1.165) is 38.1 Å². The molecule has 0 aromatic carbocycles. The fraction of sp³-hybridized carbons (Fsp3) is 0.643. The van der Waals surface area contributed by atoms with Crippen molar-refractivity contribution in [2.24, 2.45) is 0 Å². The summed E-state index contributed by atoms with van der Waals surface area (Å²) in [4.78, 5) is 14.3. The van der Waals surface area contributed by atoms with Crippen molar-refractivity contribution in [1.29, 1.82) is 0 Å². The van der Waals surface area contributed by atoms with Crippen LogP contribution in [0.3, 0.4) is 0 Å². The fourth-order valence-electron chi connectivity index (χ4n) is 2.47. The first kappa shape index (κ1) is 13.1. The maximum absolute atomic E-state index is 12.4. The number of nitrogens with zero attached hydrogens (tertiary/aromatic N) is 1. The Labute approximate surface area is 108 Å². The number of likely N-dealkylation sites (tertiary alicyclic amines) is 1. The molecule has 2 rings (SSSR count). The summed E-state index contributed by atoms with van der Waals surface area (Å²) in [6, 6.07) is 3.81. The van der Waals surface area contributed by atoms with Crippen LogP contribution in [-0.4, -0.2) is 29.9 Å². The monoisotopic (exact) mass is 250 g/mol. The predicted molar refractivity (Wildman–Crippen MR) is 70.2 cm³/mol. The quantitative estimate of drug-likeness (QED) is 0.872. The normalized spacial score (nSPS) is 22.2. The molecule has 0 spiro atoms. The summed E-state index contributed by atoms with van der Waals surface area (Å²) in [7, 11) is 0. The van der Waals surface area contributed by atoms with Gasteiger partial charge in [0.25, 0.3) is 0 Å². The molecule has 18 heavy (non-hydrogen) atoms. The SMILES string of the molecule is CCCNC1CCCN(C(C)c2ccco2)C1=O. The van der Waals surface area contributed by atoms with Crippen LogP contribution in [0.4, 0.5) is 0 Å². The minimum absolute atomic E-state index is 0.0175. The highest BCUT2D eigenvalue weighted by atomic mass is 16.3. The van der Waals surface area contributed by atoms with Gasteiger partial charge in [-0.15, -0.1) is 0 Å². The molecule has 2 atom stereocenters. The molecule has 1 N–H and O–H groups in total. The van der Waals surface area contributed by atoms with Crippen molar-refractivity contribution in [3.63, 3.8) is 0 Å². The fourth-order valence-corrected chi connectivity index (χ4v) is 2.47. The van der Waals surface area contributed by atoms with E-state index in [1.165, 1.54) is 0 Å². The zero-order valence-electron chi connectivity index (χ0n) is 11.2. The third kappa shape index (κ3) is 2.75. The lowest BCUT2D eigenvalue weighted by molar-refractivity contribution is -0.138. The molecule has 2 heterocycles. The lowest BCUT2D eigenvalue weighted by Gasteiger charge is -2.36. The molecule has 1 aromatic rings. The molecule has 0 saturated carbocycles. The minimum atomic E-state index is -0.0175. The Morgan fingerprint density at radius 1 is 1.61 bits per heavy atom. The number of hydrogen-bond donors (Lipinski definition) is 1. The minimum Gasteiger partial charge on any atom is -0.467 e. The Hall–Kier alpha value is -1.29.